The third-order valence-electron chi connectivity index (χ3n) is 3.16. The summed E-state index contributed by atoms with van der Waals surface area (Å²) >= 11 is 5.72. The van der Waals surface area contributed by atoms with Gasteiger partial charge in [0.2, 0.25) is 11.9 Å². The molecule has 5 nitrogen and oxygen atoms in total. The van der Waals surface area contributed by atoms with E-state index in [1.807, 2.05) is 0 Å². The van der Waals surface area contributed by atoms with Crippen LogP contribution in [-0.4, -0.2) is 22.4 Å². The highest BCUT2D eigenvalue weighted by Gasteiger charge is 2.32. The van der Waals surface area contributed by atoms with Crippen molar-refractivity contribution in [2.45, 2.75) is 19.3 Å². The average Bonchev–Trinajstić information content (AvgIpc) is 2.77. The van der Waals surface area contributed by atoms with Crippen LogP contribution in [-0.2, 0) is 4.79 Å². The van der Waals surface area contributed by atoms with Crippen LogP contribution in [0.2, 0.25) is 5.15 Å². The van der Waals surface area contributed by atoms with Gasteiger partial charge in [0.05, 0.1) is 0 Å². The van der Waals surface area contributed by atoms with E-state index in [2.05, 4.69) is 15.3 Å². The highest BCUT2D eigenvalue weighted by molar-refractivity contribution is 6.29. The molecule has 2 rings (SSSR count). The van der Waals surface area contributed by atoms with Gasteiger partial charge in [0.15, 0.2) is 0 Å². The van der Waals surface area contributed by atoms with Crippen LogP contribution in [0.4, 0.5) is 5.95 Å². The Morgan fingerprint density at radius 1 is 1.59 bits per heavy atom. The molecule has 0 radical (unpaired) electrons. The zero-order chi connectivity index (χ0) is 12.3. The monoisotopic (exact) mass is 254 g/mol. The van der Waals surface area contributed by atoms with Gasteiger partial charge in [0.1, 0.15) is 5.15 Å². The van der Waals surface area contributed by atoms with Crippen LogP contribution in [0.5, 0.6) is 0 Å². The summed E-state index contributed by atoms with van der Waals surface area (Å²) in [6.07, 6.45) is 4.47. The molecule has 1 fully saturated rings. The first kappa shape index (κ1) is 12.3. The molecular formula is C11H15ClN4O. The Morgan fingerprint density at radius 3 is 3.12 bits per heavy atom. The molecule has 1 heterocycles. The van der Waals surface area contributed by atoms with E-state index < -0.39 is 0 Å². The number of halogens is 1. The fourth-order valence-corrected chi connectivity index (χ4v) is 2.40. The normalized spacial score (nSPS) is 23.6. The molecule has 2 atom stereocenters. The van der Waals surface area contributed by atoms with E-state index in [-0.39, 0.29) is 23.7 Å². The van der Waals surface area contributed by atoms with E-state index in [9.17, 15) is 4.79 Å². The summed E-state index contributed by atoms with van der Waals surface area (Å²) < 4.78 is 0. The number of carbonyl (C=O) groups excluding carboxylic acids is 1. The second-order valence-electron chi connectivity index (χ2n) is 4.23. The molecule has 1 aromatic rings. The molecule has 0 bridgehead atoms. The Balaban J connectivity index is 2.01. The largest absolute Gasteiger partial charge is 0.330 e. The first-order valence-corrected chi connectivity index (χ1v) is 6.08. The molecular weight excluding hydrogens is 240 g/mol. The average molecular weight is 255 g/mol. The van der Waals surface area contributed by atoms with E-state index >= 15 is 0 Å². The minimum atomic E-state index is -0.0554. The molecule has 1 amide bonds. The molecule has 2 unspecified atom stereocenters. The van der Waals surface area contributed by atoms with Crippen LogP contribution in [0.1, 0.15) is 19.3 Å². The van der Waals surface area contributed by atoms with Gasteiger partial charge in [-0.25, -0.2) is 9.97 Å². The maximum atomic E-state index is 12.0. The fraction of sp³-hybridized carbons (Fsp3) is 0.545. The van der Waals surface area contributed by atoms with Gasteiger partial charge in [-0.3, -0.25) is 10.1 Å². The molecule has 1 aliphatic carbocycles. The maximum absolute atomic E-state index is 12.0. The van der Waals surface area contributed by atoms with Crippen molar-refractivity contribution >= 4 is 23.5 Å². The number of hydrogen-bond acceptors (Lipinski definition) is 4. The summed E-state index contributed by atoms with van der Waals surface area (Å²) in [4.78, 5) is 19.9. The lowest BCUT2D eigenvalue weighted by atomic mass is 9.95. The minimum Gasteiger partial charge on any atom is -0.330 e. The molecule has 0 saturated heterocycles. The SMILES string of the molecule is NCC1CCCC1C(=O)Nc1nccc(Cl)n1. The number of nitrogens with two attached hydrogens (primary N) is 1. The number of carbonyl (C=O) groups is 1. The van der Waals surface area contributed by atoms with E-state index in [4.69, 9.17) is 17.3 Å². The van der Waals surface area contributed by atoms with Gasteiger partial charge in [-0.05, 0) is 31.4 Å². The van der Waals surface area contributed by atoms with Crippen LogP contribution in [0.15, 0.2) is 12.3 Å². The van der Waals surface area contributed by atoms with E-state index in [1.54, 1.807) is 6.07 Å². The van der Waals surface area contributed by atoms with Crippen LogP contribution >= 0.6 is 11.6 Å². The second-order valence-corrected chi connectivity index (χ2v) is 4.61. The number of hydrogen-bond donors (Lipinski definition) is 2. The summed E-state index contributed by atoms with van der Waals surface area (Å²) in [6, 6.07) is 1.56. The number of nitrogens with one attached hydrogen (secondary N) is 1. The molecule has 0 aromatic carbocycles. The summed E-state index contributed by atoms with van der Waals surface area (Å²) in [5.74, 6) is 0.446. The van der Waals surface area contributed by atoms with Gasteiger partial charge in [0, 0.05) is 12.1 Å². The Hall–Kier alpha value is -1.20. The molecule has 1 saturated carbocycles. The van der Waals surface area contributed by atoms with Crippen molar-refractivity contribution in [3.63, 3.8) is 0 Å². The van der Waals surface area contributed by atoms with Crippen molar-refractivity contribution in [3.8, 4) is 0 Å². The van der Waals surface area contributed by atoms with Gasteiger partial charge >= 0.3 is 0 Å². The smallest absolute Gasteiger partial charge is 0.230 e. The van der Waals surface area contributed by atoms with E-state index in [0.29, 0.717) is 11.7 Å². The zero-order valence-electron chi connectivity index (χ0n) is 9.40. The van der Waals surface area contributed by atoms with Crippen molar-refractivity contribution in [1.82, 2.24) is 9.97 Å². The number of amides is 1. The Bertz CT molecular complexity index is 412. The van der Waals surface area contributed by atoms with Gasteiger partial charge in [0.25, 0.3) is 0 Å². The summed E-state index contributed by atoms with van der Waals surface area (Å²) in [6.45, 7) is 0.550. The lowest BCUT2D eigenvalue weighted by Crippen LogP contribution is -2.30. The van der Waals surface area contributed by atoms with Gasteiger partial charge < -0.3 is 5.73 Å². The van der Waals surface area contributed by atoms with Gasteiger partial charge in [-0.2, -0.15) is 0 Å². The maximum Gasteiger partial charge on any atom is 0.230 e. The summed E-state index contributed by atoms with van der Waals surface area (Å²) in [5.41, 5.74) is 5.65. The summed E-state index contributed by atoms with van der Waals surface area (Å²) in [7, 11) is 0. The molecule has 1 aliphatic rings. The number of nitrogens with zero attached hydrogens (tertiary/aromatic N) is 2. The number of rotatable bonds is 3. The molecule has 92 valence electrons. The molecule has 3 N–H and O–H groups in total. The molecule has 0 aliphatic heterocycles. The van der Waals surface area contributed by atoms with Crippen LogP contribution in [0.3, 0.4) is 0 Å². The molecule has 17 heavy (non-hydrogen) atoms. The second kappa shape index (κ2) is 5.42. The van der Waals surface area contributed by atoms with Crippen molar-refractivity contribution < 1.29 is 4.79 Å². The molecule has 6 heteroatoms. The van der Waals surface area contributed by atoms with Gasteiger partial charge in [-0.1, -0.05) is 18.0 Å². The fourth-order valence-electron chi connectivity index (χ4n) is 2.26. The van der Waals surface area contributed by atoms with Crippen LogP contribution < -0.4 is 11.1 Å². The number of anilines is 1. The summed E-state index contributed by atoms with van der Waals surface area (Å²) in [5, 5.41) is 3.00. The highest BCUT2D eigenvalue weighted by Crippen LogP contribution is 2.31. The van der Waals surface area contributed by atoms with Crippen molar-refractivity contribution in [1.29, 1.82) is 0 Å². The topological polar surface area (TPSA) is 80.9 Å². The highest BCUT2D eigenvalue weighted by atomic mass is 35.5. The van der Waals surface area contributed by atoms with Crippen molar-refractivity contribution in [2.75, 3.05) is 11.9 Å². The third kappa shape index (κ3) is 2.92. The predicted octanol–water partition coefficient (Wildman–Crippen LogP) is 1.44. The van der Waals surface area contributed by atoms with E-state index in [1.165, 1.54) is 6.20 Å². The van der Waals surface area contributed by atoms with Crippen molar-refractivity contribution in [3.05, 3.63) is 17.4 Å². The predicted molar refractivity (Wildman–Crippen MR) is 65.6 cm³/mol. The first-order valence-electron chi connectivity index (χ1n) is 5.70. The Labute approximate surface area is 105 Å². The third-order valence-corrected chi connectivity index (χ3v) is 3.37. The zero-order valence-corrected chi connectivity index (χ0v) is 10.2. The Kier molecular flexibility index (Phi) is 3.91. The van der Waals surface area contributed by atoms with Gasteiger partial charge in [-0.15, -0.1) is 0 Å². The Morgan fingerprint density at radius 2 is 2.41 bits per heavy atom. The van der Waals surface area contributed by atoms with Crippen LogP contribution in [0, 0.1) is 11.8 Å². The lowest BCUT2D eigenvalue weighted by Gasteiger charge is -2.16. The number of aromatic nitrogens is 2. The quantitative estimate of drug-likeness (QED) is 0.800. The van der Waals surface area contributed by atoms with Crippen LogP contribution in [0.25, 0.3) is 0 Å². The molecule has 0 spiro atoms. The minimum absolute atomic E-state index is 0.0254. The standard InChI is InChI=1S/C11H15ClN4O/c12-9-4-5-14-11(15-9)16-10(17)8-3-1-2-7(8)6-13/h4-5,7-8H,1-3,6,13H2,(H,14,15,16,17). The lowest BCUT2D eigenvalue weighted by molar-refractivity contribution is -0.120. The van der Waals surface area contributed by atoms with E-state index in [0.717, 1.165) is 19.3 Å². The first-order chi connectivity index (χ1) is 8.20. The van der Waals surface area contributed by atoms with Crippen molar-refractivity contribution in [2.24, 2.45) is 17.6 Å². The molecule has 1 aromatic heterocycles.